The Morgan fingerprint density at radius 1 is 1.26 bits per heavy atom. The van der Waals surface area contributed by atoms with Gasteiger partial charge >= 0.3 is 6.18 Å². The van der Waals surface area contributed by atoms with Crippen LogP contribution < -0.4 is 0 Å². The van der Waals surface area contributed by atoms with Crippen molar-refractivity contribution in [3.05, 3.63) is 52.8 Å². The second-order valence-corrected chi connectivity index (χ2v) is 4.20. The highest BCUT2D eigenvalue weighted by atomic mass is 19.4. The van der Waals surface area contributed by atoms with Crippen molar-refractivity contribution in [2.75, 3.05) is 0 Å². The summed E-state index contributed by atoms with van der Waals surface area (Å²) in [6, 6.07) is 5.88. The van der Waals surface area contributed by atoms with Gasteiger partial charge in [0.1, 0.15) is 5.69 Å². The lowest BCUT2D eigenvalue weighted by atomic mass is 10.0. The van der Waals surface area contributed by atoms with Crippen molar-refractivity contribution in [2.45, 2.75) is 13.1 Å². The second kappa shape index (κ2) is 4.53. The molecule has 0 saturated heterocycles. The van der Waals surface area contributed by atoms with Crippen molar-refractivity contribution in [3.8, 4) is 0 Å². The molecule has 2 rings (SSSR count). The highest BCUT2D eigenvalue weighted by Crippen LogP contribution is 2.29. The van der Waals surface area contributed by atoms with Gasteiger partial charge in [-0.1, -0.05) is 12.1 Å². The lowest BCUT2D eigenvalue weighted by molar-refractivity contribution is -0.137. The molecule has 6 heteroatoms. The zero-order chi connectivity index (χ0) is 14.2. The second-order valence-electron chi connectivity index (χ2n) is 4.20. The monoisotopic (exact) mass is 268 g/mol. The molecule has 100 valence electrons. The molecule has 0 bridgehead atoms. The van der Waals surface area contributed by atoms with Gasteiger partial charge in [-0.15, -0.1) is 0 Å². The van der Waals surface area contributed by atoms with E-state index in [0.29, 0.717) is 0 Å². The summed E-state index contributed by atoms with van der Waals surface area (Å²) in [6.07, 6.45) is -4.46. The van der Waals surface area contributed by atoms with Crippen molar-refractivity contribution in [1.82, 2.24) is 9.78 Å². The van der Waals surface area contributed by atoms with Crippen molar-refractivity contribution < 1.29 is 18.0 Å². The van der Waals surface area contributed by atoms with Gasteiger partial charge in [-0.05, 0) is 25.1 Å². The first-order chi connectivity index (χ1) is 8.79. The van der Waals surface area contributed by atoms with Crippen LogP contribution in [0.25, 0.3) is 0 Å². The van der Waals surface area contributed by atoms with E-state index in [0.717, 1.165) is 17.8 Å². The smallest absolute Gasteiger partial charge is 0.287 e. The Kier molecular flexibility index (Phi) is 3.18. The number of carbonyl (C=O) groups is 1. The summed E-state index contributed by atoms with van der Waals surface area (Å²) in [5.41, 5.74) is 0.0357. The molecular weight excluding hydrogens is 257 g/mol. The molecule has 2 aromatic rings. The van der Waals surface area contributed by atoms with Gasteiger partial charge in [0.05, 0.1) is 5.56 Å². The maximum absolute atomic E-state index is 12.6. The number of hydrogen-bond donors (Lipinski definition) is 0. The molecule has 0 radical (unpaired) electrons. The minimum Gasteiger partial charge on any atom is -0.287 e. The average molecular weight is 268 g/mol. The third-order valence-electron chi connectivity index (χ3n) is 2.80. The van der Waals surface area contributed by atoms with Crippen molar-refractivity contribution in [1.29, 1.82) is 0 Å². The van der Waals surface area contributed by atoms with E-state index in [2.05, 4.69) is 5.10 Å². The zero-order valence-corrected chi connectivity index (χ0v) is 10.3. The summed E-state index contributed by atoms with van der Waals surface area (Å²) in [4.78, 5) is 12.0. The van der Waals surface area contributed by atoms with Gasteiger partial charge in [0.25, 0.3) is 0 Å². The van der Waals surface area contributed by atoms with Crippen molar-refractivity contribution in [3.63, 3.8) is 0 Å². The van der Waals surface area contributed by atoms with E-state index in [1.54, 1.807) is 20.0 Å². The summed E-state index contributed by atoms with van der Waals surface area (Å²) < 4.78 is 39.2. The number of ketones is 1. The zero-order valence-electron chi connectivity index (χ0n) is 10.3. The molecule has 0 fully saturated rings. The standard InChI is InChI=1S/C13H11F3N2O/c1-8-6-11(17-18(8)2)12(19)9-4-3-5-10(7-9)13(14,15)16/h3-7H,1-2H3. The molecule has 0 N–H and O–H groups in total. The van der Waals surface area contributed by atoms with Gasteiger partial charge in [0.15, 0.2) is 0 Å². The summed E-state index contributed by atoms with van der Waals surface area (Å²) >= 11 is 0. The number of halogens is 3. The number of alkyl halides is 3. The third-order valence-corrected chi connectivity index (χ3v) is 2.80. The Bertz CT molecular complexity index is 610. The Morgan fingerprint density at radius 3 is 2.47 bits per heavy atom. The molecule has 0 amide bonds. The summed E-state index contributed by atoms with van der Waals surface area (Å²) in [5.74, 6) is -0.519. The maximum Gasteiger partial charge on any atom is 0.416 e. The van der Waals surface area contributed by atoms with E-state index in [1.165, 1.54) is 16.8 Å². The topological polar surface area (TPSA) is 34.9 Å². The predicted octanol–water partition coefficient (Wildman–Crippen LogP) is 2.98. The molecule has 0 aliphatic heterocycles. The van der Waals surface area contributed by atoms with E-state index in [9.17, 15) is 18.0 Å². The molecule has 0 atom stereocenters. The lowest BCUT2D eigenvalue weighted by Crippen LogP contribution is -2.08. The SMILES string of the molecule is Cc1cc(C(=O)c2cccc(C(F)(F)F)c2)nn1C. The fourth-order valence-electron chi connectivity index (χ4n) is 1.66. The van der Waals surface area contributed by atoms with E-state index in [4.69, 9.17) is 0 Å². The van der Waals surface area contributed by atoms with Gasteiger partial charge in [0, 0.05) is 18.3 Å². The maximum atomic E-state index is 12.6. The Morgan fingerprint density at radius 2 is 1.95 bits per heavy atom. The molecule has 1 heterocycles. The molecule has 0 unspecified atom stereocenters. The van der Waals surface area contributed by atoms with Crippen LogP contribution in [0.2, 0.25) is 0 Å². The van der Waals surface area contributed by atoms with Gasteiger partial charge < -0.3 is 0 Å². The fraction of sp³-hybridized carbons (Fsp3) is 0.231. The van der Waals surface area contributed by atoms with Crippen LogP contribution in [0.15, 0.2) is 30.3 Å². The Labute approximate surface area is 107 Å². The molecule has 1 aromatic heterocycles. The minimum atomic E-state index is -4.46. The fourth-order valence-corrected chi connectivity index (χ4v) is 1.66. The number of carbonyl (C=O) groups excluding carboxylic acids is 1. The molecule has 0 aliphatic carbocycles. The van der Waals surface area contributed by atoms with Crippen LogP contribution in [0.4, 0.5) is 13.2 Å². The van der Waals surface area contributed by atoms with Crippen LogP contribution in [-0.2, 0) is 13.2 Å². The molecule has 3 nitrogen and oxygen atoms in total. The van der Waals surface area contributed by atoms with Crippen LogP contribution in [0.1, 0.15) is 27.3 Å². The van der Waals surface area contributed by atoms with Crippen molar-refractivity contribution in [2.24, 2.45) is 7.05 Å². The van der Waals surface area contributed by atoms with Crippen molar-refractivity contribution >= 4 is 5.78 Å². The van der Waals surface area contributed by atoms with E-state index >= 15 is 0 Å². The Balaban J connectivity index is 2.39. The van der Waals surface area contributed by atoms with Gasteiger partial charge in [-0.25, -0.2) is 0 Å². The quantitative estimate of drug-likeness (QED) is 0.785. The summed E-state index contributed by atoms with van der Waals surface area (Å²) in [6.45, 7) is 1.76. The average Bonchev–Trinajstić information content (AvgIpc) is 2.68. The molecule has 1 aromatic carbocycles. The molecule has 0 spiro atoms. The number of rotatable bonds is 2. The summed E-state index contributed by atoms with van der Waals surface area (Å²) in [5, 5.41) is 3.96. The first-order valence-electron chi connectivity index (χ1n) is 5.51. The van der Waals surface area contributed by atoms with Gasteiger partial charge in [0.2, 0.25) is 5.78 Å². The number of benzene rings is 1. The van der Waals surface area contributed by atoms with E-state index < -0.39 is 17.5 Å². The largest absolute Gasteiger partial charge is 0.416 e. The summed E-state index contributed by atoms with van der Waals surface area (Å²) in [7, 11) is 1.66. The number of nitrogens with zero attached hydrogens (tertiary/aromatic N) is 2. The molecule has 0 aliphatic rings. The highest BCUT2D eigenvalue weighted by molar-refractivity contribution is 6.07. The van der Waals surface area contributed by atoms with Crippen LogP contribution >= 0.6 is 0 Å². The van der Waals surface area contributed by atoms with E-state index in [-0.39, 0.29) is 11.3 Å². The third kappa shape index (κ3) is 2.67. The molecule has 0 saturated carbocycles. The van der Waals surface area contributed by atoms with Crippen LogP contribution in [0.3, 0.4) is 0 Å². The first-order valence-corrected chi connectivity index (χ1v) is 5.51. The number of aromatic nitrogens is 2. The van der Waals surface area contributed by atoms with Crippen LogP contribution in [0, 0.1) is 6.92 Å². The number of aryl methyl sites for hydroxylation is 2. The van der Waals surface area contributed by atoms with Gasteiger partial charge in [-0.3, -0.25) is 9.48 Å². The van der Waals surface area contributed by atoms with E-state index in [1.807, 2.05) is 0 Å². The number of hydrogen-bond acceptors (Lipinski definition) is 2. The normalized spacial score (nSPS) is 11.6. The molecule has 19 heavy (non-hydrogen) atoms. The first kappa shape index (κ1) is 13.3. The van der Waals surface area contributed by atoms with Crippen LogP contribution in [0.5, 0.6) is 0 Å². The predicted molar refractivity (Wildman–Crippen MR) is 62.8 cm³/mol. The highest BCUT2D eigenvalue weighted by Gasteiger charge is 2.31. The lowest BCUT2D eigenvalue weighted by Gasteiger charge is -2.07. The molecular formula is C13H11F3N2O. The van der Waals surface area contributed by atoms with Crippen LogP contribution in [-0.4, -0.2) is 15.6 Å². The minimum absolute atomic E-state index is 0.0204. The Hall–Kier alpha value is -2.11. The van der Waals surface area contributed by atoms with Gasteiger partial charge in [-0.2, -0.15) is 18.3 Å².